The lowest BCUT2D eigenvalue weighted by molar-refractivity contribution is 0.273. The fourth-order valence-corrected chi connectivity index (χ4v) is 2.01. The number of aliphatic hydroxyl groups excluding tert-OH is 1. The zero-order valence-electron chi connectivity index (χ0n) is 9.64. The number of hydrogen-bond donors (Lipinski definition) is 1. The molecule has 1 aromatic carbocycles. The standard InChI is InChI=1S/C12H13ClN2O2/c1-15-9(7-16)11(13)14-12(15)8-5-3-4-6-10(8)17-2/h3-6,16H,7H2,1-2H3. The molecule has 5 heteroatoms. The molecule has 0 aliphatic rings. The summed E-state index contributed by atoms with van der Waals surface area (Å²) < 4.78 is 7.04. The molecule has 1 heterocycles. The molecule has 90 valence electrons. The summed E-state index contributed by atoms with van der Waals surface area (Å²) in [6.45, 7) is -0.141. The average molecular weight is 253 g/mol. The van der Waals surface area contributed by atoms with Gasteiger partial charge in [-0.05, 0) is 12.1 Å². The van der Waals surface area contributed by atoms with E-state index in [-0.39, 0.29) is 6.61 Å². The van der Waals surface area contributed by atoms with E-state index in [0.29, 0.717) is 16.7 Å². The summed E-state index contributed by atoms with van der Waals surface area (Å²) in [7, 11) is 3.42. The fourth-order valence-electron chi connectivity index (χ4n) is 1.74. The van der Waals surface area contributed by atoms with Crippen LogP contribution in [0.5, 0.6) is 5.75 Å². The van der Waals surface area contributed by atoms with Gasteiger partial charge in [-0.1, -0.05) is 23.7 Å². The second kappa shape index (κ2) is 4.77. The number of aliphatic hydroxyl groups is 1. The Morgan fingerprint density at radius 3 is 2.71 bits per heavy atom. The highest BCUT2D eigenvalue weighted by atomic mass is 35.5. The van der Waals surface area contributed by atoms with Crippen LogP contribution >= 0.6 is 11.6 Å². The quantitative estimate of drug-likeness (QED) is 0.911. The summed E-state index contributed by atoms with van der Waals surface area (Å²) >= 11 is 5.96. The van der Waals surface area contributed by atoms with Gasteiger partial charge in [-0.2, -0.15) is 0 Å². The van der Waals surface area contributed by atoms with Gasteiger partial charge in [-0.15, -0.1) is 0 Å². The minimum atomic E-state index is -0.141. The van der Waals surface area contributed by atoms with Gasteiger partial charge in [-0.25, -0.2) is 4.98 Å². The van der Waals surface area contributed by atoms with Gasteiger partial charge in [0.1, 0.15) is 11.6 Å². The highest BCUT2D eigenvalue weighted by Crippen LogP contribution is 2.31. The number of para-hydroxylation sites is 1. The van der Waals surface area contributed by atoms with Crippen LogP contribution in [-0.4, -0.2) is 21.8 Å². The van der Waals surface area contributed by atoms with Gasteiger partial charge in [0.15, 0.2) is 5.15 Å². The minimum Gasteiger partial charge on any atom is -0.496 e. The first kappa shape index (κ1) is 12.0. The number of imidazole rings is 1. The Bertz CT molecular complexity index is 537. The van der Waals surface area contributed by atoms with Crippen molar-refractivity contribution in [3.63, 3.8) is 0 Å². The summed E-state index contributed by atoms with van der Waals surface area (Å²) in [6, 6.07) is 7.55. The van der Waals surface area contributed by atoms with Crippen LogP contribution in [0.3, 0.4) is 0 Å². The van der Waals surface area contributed by atoms with Crippen molar-refractivity contribution in [3.8, 4) is 17.1 Å². The van der Waals surface area contributed by atoms with Crippen molar-refractivity contribution in [2.24, 2.45) is 7.05 Å². The predicted molar refractivity (Wildman–Crippen MR) is 66.1 cm³/mol. The summed E-state index contributed by atoms with van der Waals surface area (Å²) in [5.74, 6) is 1.40. The van der Waals surface area contributed by atoms with Crippen LogP contribution in [0, 0.1) is 0 Å². The molecular weight excluding hydrogens is 240 g/mol. The molecule has 0 fully saturated rings. The minimum absolute atomic E-state index is 0.141. The Hall–Kier alpha value is -1.52. The summed E-state index contributed by atoms with van der Waals surface area (Å²) in [5.41, 5.74) is 1.44. The van der Waals surface area contributed by atoms with Crippen molar-refractivity contribution in [1.29, 1.82) is 0 Å². The molecule has 0 saturated heterocycles. The molecule has 0 aliphatic heterocycles. The summed E-state index contributed by atoms with van der Waals surface area (Å²) in [5, 5.41) is 9.53. The lowest BCUT2D eigenvalue weighted by Gasteiger charge is -2.08. The monoisotopic (exact) mass is 252 g/mol. The molecule has 0 unspecified atom stereocenters. The van der Waals surface area contributed by atoms with Crippen LogP contribution in [-0.2, 0) is 13.7 Å². The zero-order chi connectivity index (χ0) is 12.4. The van der Waals surface area contributed by atoms with Gasteiger partial charge in [0.25, 0.3) is 0 Å². The second-order valence-corrected chi connectivity index (χ2v) is 3.95. The van der Waals surface area contributed by atoms with Crippen molar-refractivity contribution in [3.05, 3.63) is 35.1 Å². The first-order chi connectivity index (χ1) is 8.19. The number of hydrogen-bond acceptors (Lipinski definition) is 3. The van der Waals surface area contributed by atoms with Gasteiger partial charge in [-0.3, -0.25) is 0 Å². The van der Waals surface area contributed by atoms with Gasteiger partial charge in [0.2, 0.25) is 0 Å². The molecule has 0 atom stereocenters. The van der Waals surface area contributed by atoms with E-state index in [1.54, 1.807) is 11.7 Å². The maximum absolute atomic E-state index is 9.21. The van der Waals surface area contributed by atoms with Crippen LogP contribution < -0.4 is 4.74 Å². The van der Waals surface area contributed by atoms with Crippen LogP contribution in [0.25, 0.3) is 11.4 Å². The summed E-state index contributed by atoms with van der Waals surface area (Å²) in [6.07, 6.45) is 0. The summed E-state index contributed by atoms with van der Waals surface area (Å²) in [4.78, 5) is 4.25. The molecule has 1 N–H and O–H groups in total. The maximum atomic E-state index is 9.21. The second-order valence-electron chi connectivity index (χ2n) is 3.59. The van der Waals surface area contributed by atoms with Crippen LogP contribution in [0.2, 0.25) is 5.15 Å². The number of nitrogens with zero attached hydrogens (tertiary/aromatic N) is 2. The largest absolute Gasteiger partial charge is 0.496 e. The van der Waals surface area contributed by atoms with Crippen molar-refractivity contribution in [2.75, 3.05) is 7.11 Å². The van der Waals surface area contributed by atoms with E-state index in [4.69, 9.17) is 16.3 Å². The number of rotatable bonds is 3. The van der Waals surface area contributed by atoms with Gasteiger partial charge in [0, 0.05) is 7.05 Å². The molecule has 0 radical (unpaired) electrons. The van der Waals surface area contributed by atoms with E-state index < -0.39 is 0 Å². The number of aromatic nitrogens is 2. The molecule has 2 aromatic rings. The molecule has 17 heavy (non-hydrogen) atoms. The molecule has 0 saturated carbocycles. The average Bonchev–Trinajstić information content (AvgIpc) is 2.64. The topological polar surface area (TPSA) is 47.3 Å². The van der Waals surface area contributed by atoms with Crippen molar-refractivity contribution in [2.45, 2.75) is 6.61 Å². The van der Waals surface area contributed by atoms with E-state index in [2.05, 4.69) is 4.98 Å². The molecular formula is C12H13ClN2O2. The third-order valence-corrected chi connectivity index (χ3v) is 2.97. The van der Waals surface area contributed by atoms with Crippen LogP contribution in [0.1, 0.15) is 5.69 Å². The van der Waals surface area contributed by atoms with E-state index in [9.17, 15) is 5.11 Å². The van der Waals surface area contributed by atoms with E-state index >= 15 is 0 Å². The molecule has 0 spiro atoms. The Morgan fingerprint density at radius 2 is 2.12 bits per heavy atom. The fraction of sp³-hybridized carbons (Fsp3) is 0.250. The number of benzene rings is 1. The highest BCUT2D eigenvalue weighted by molar-refractivity contribution is 6.30. The predicted octanol–water partition coefficient (Wildman–Crippen LogP) is 2.24. The number of ether oxygens (including phenoxy) is 1. The lowest BCUT2D eigenvalue weighted by atomic mass is 10.2. The van der Waals surface area contributed by atoms with Gasteiger partial charge >= 0.3 is 0 Å². The van der Waals surface area contributed by atoms with Crippen LogP contribution in [0.4, 0.5) is 0 Å². The first-order valence-electron chi connectivity index (χ1n) is 5.14. The Kier molecular flexibility index (Phi) is 3.36. The van der Waals surface area contributed by atoms with Crippen molar-refractivity contribution in [1.82, 2.24) is 9.55 Å². The molecule has 0 aliphatic carbocycles. The van der Waals surface area contributed by atoms with Crippen LogP contribution in [0.15, 0.2) is 24.3 Å². The first-order valence-corrected chi connectivity index (χ1v) is 5.52. The third kappa shape index (κ3) is 2.01. The molecule has 4 nitrogen and oxygen atoms in total. The molecule has 0 bridgehead atoms. The lowest BCUT2D eigenvalue weighted by Crippen LogP contribution is -1.99. The molecule has 1 aromatic heterocycles. The smallest absolute Gasteiger partial charge is 0.153 e. The normalized spacial score (nSPS) is 10.6. The SMILES string of the molecule is COc1ccccc1-c1nc(Cl)c(CO)n1C. The maximum Gasteiger partial charge on any atom is 0.153 e. The number of methoxy groups -OCH3 is 1. The Balaban J connectivity index is 2.61. The van der Waals surface area contributed by atoms with Gasteiger partial charge in [0.05, 0.1) is 25.0 Å². The van der Waals surface area contributed by atoms with Crippen molar-refractivity contribution >= 4 is 11.6 Å². The molecule has 0 amide bonds. The number of halogens is 1. The molecule has 2 rings (SSSR count). The highest BCUT2D eigenvalue weighted by Gasteiger charge is 2.16. The van der Waals surface area contributed by atoms with E-state index in [1.165, 1.54) is 0 Å². The van der Waals surface area contributed by atoms with Gasteiger partial charge < -0.3 is 14.4 Å². The van der Waals surface area contributed by atoms with E-state index in [1.807, 2.05) is 31.3 Å². The zero-order valence-corrected chi connectivity index (χ0v) is 10.4. The third-order valence-electron chi connectivity index (χ3n) is 2.66. The Labute approximate surface area is 104 Å². The van der Waals surface area contributed by atoms with E-state index in [0.717, 1.165) is 11.3 Å². The van der Waals surface area contributed by atoms with Crippen molar-refractivity contribution < 1.29 is 9.84 Å². The Morgan fingerprint density at radius 1 is 1.41 bits per heavy atom.